The number of rotatable bonds is 4. The average Bonchev–Trinajstić information content (AvgIpc) is 3.13. The Balaban J connectivity index is 1.44. The van der Waals surface area contributed by atoms with Crippen LogP contribution in [0.2, 0.25) is 10.0 Å². The molecule has 4 rings (SSSR count). The third-order valence-electron chi connectivity index (χ3n) is 7.04. The van der Waals surface area contributed by atoms with Gasteiger partial charge in [0, 0.05) is 12.2 Å². The summed E-state index contributed by atoms with van der Waals surface area (Å²) in [6, 6.07) is 7.22. The van der Waals surface area contributed by atoms with Gasteiger partial charge in [0.1, 0.15) is 0 Å². The van der Waals surface area contributed by atoms with Crippen LogP contribution in [-0.2, 0) is 0 Å². The monoisotopic (exact) mass is 473 g/mol. The first-order valence-corrected chi connectivity index (χ1v) is 11.7. The van der Waals surface area contributed by atoms with Gasteiger partial charge in [-0.25, -0.2) is 4.98 Å². The maximum atomic E-state index is 12.9. The number of hydrogen-bond donors (Lipinski definition) is 3. The Kier molecular flexibility index (Phi) is 6.12. The van der Waals surface area contributed by atoms with Crippen molar-refractivity contribution in [2.24, 2.45) is 10.8 Å². The third-order valence-corrected chi connectivity index (χ3v) is 7.67. The summed E-state index contributed by atoms with van der Waals surface area (Å²) in [7, 11) is 0. The first kappa shape index (κ1) is 22.9. The topological polar surface area (TPSA) is 82.7 Å². The van der Waals surface area contributed by atoms with Crippen LogP contribution in [0.15, 0.2) is 30.5 Å². The number of amides is 1. The molecule has 0 spiro atoms. The molecule has 1 aliphatic rings. The normalized spacial score (nSPS) is 21.5. The van der Waals surface area contributed by atoms with Crippen LogP contribution in [0, 0.1) is 10.8 Å². The van der Waals surface area contributed by atoms with Gasteiger partial charge in [0.25, 0.3) is 5.91 Å². The molecule has 6 nitrogen and oxygen atoms in total. The van der Waals surface area contributed by atoms with E-state index < -0.39 is 0 Å². The van der Waals surface area contributed by atoms with E-state index in [1.165, 1.54) is 0 Å². The van der Waals surface area contributed by atoms with Crippen molar-refractivity contribution in [3.05, 3.63) is 46.1 Å². The minimum Gasteiger partial charge on any atom is -0.349 e. The number of halogens is 2. The molecule has 3 N–H and O–H groups in total. The van der Waals surface area contributed by atoms with E-state index in [-0.39, 0.29) is 17.4 Å². The number of nitrogens with one attached hydrogen (secondary N) is 3. The Hall–Kier alpha value is -2.31. The smallest absolute Gasteiger partial charge is 0.253 e. The first-order valence-electron chi connectivity index (χ1n) is 10.9. The second kappa shape index (κ2) is 8.56. The Bertz CT molecular complexity index is 1120. The van der Waals surface area contributed by atoms with Crippen LogP contribution in [0.1, 0.15) is 63.7 Å². The van der Waals surface area contributed by atoms with Crippen molar-refractivity contribution < 1.29 is 4.79 Å². The molecule has 0 saturated heterocycles. The van der Waals surface area contributed by atoms with E-state index in [9.17, 15) is 4.79 Å². The zero-order valence-electron chi connectivity index (χ0n) is 18.9. The highest BCUT2D eigenvalue weighted by atomic mass is 35.5. The van der Waals surface area contributed by atoms with Crippen molar-refractivity contribution >= 4 is 51.9 Å². The minimum atomic E-state index is -0.109. The molecule has 8 heteroatoms. The molecular formula is C24H29Cl2N5O. The molecule has 0 unspecified atom stereocenters. The number of para-hydroxylation sites is 1. The van der Waals surface area contributed by atoms with E-state index in [0.717, 1.165) is 25.7 Å². The standard InChI is InChI=1S/C24H29Cl2N5O/c1-23(2,3)24(4)10-8-15(9-11-24)28-21(32)14-12-18-20(27-13-14)31-22(29-18)30-19-16(25)6-5-7-17(19)26/h5-7,12-13,15H,8-11H2,1-4H3,(H,28,32)(H2,27,29,30,31). The Morgan fingerprint density at radius 2 is 1.84 bits per heavy atom. The molecule has 170 valence electrons. The quantitative estimate of drug-likeness (QED) is 0.391. The van der Waals surface area contributed by atoms with Crippen molar-refractivity contribution in [1.29, 1.82) is 0 Å². The molecule has 0 radical (unpaired) electrons. The van der Waals surface area contributed by atoms with Crippen LogP contribution in [-0.4, -0.2) is 26.9 Å². The Morgan fingerprint density at radius 1 is 1.19 bits per heavy atom. The summed E-state index contributed by atoms with van der Waals surface area (Å²) in [4.78, 5) is 24.8. The number of pyridine rings is 1. The van der Waals surface area contributed by atoms with Crippen molar-refractivity contribution in [2.75, 3.05) is 5.32 Å². The number of anilines is 2. The summed E-state index contributed by atoms with van der Waals surface area (Å²) < 4.78 is 0. The predicted octanol–water partition coefficient (Wildman–Crippen LogP) is 6.73. The molecule has 2 aromatic heterocycles. The van der Waals surface area contributed by atoms with Gasteiger partial charge < -0.3 is 15.6 Å². The van der Waals surface area contributed by atoms with Gasteiger partial charge in [-0.1, -0.05) is 57.0 Å². The number of hydrogen-bond acceptors (Lipinski definition) is 4. The highest BCUT2D eigenvalue weighted by Gasteiger charge is 2.40. The van der Waals surface area contributed by atoms with Gasteiger partial charge >= 0.3 is 0 Å². The van der Waals surface area contributed by atoms with Gasteiger partial charge in [-0.3, -0.25) is 4.79 Å². The molecule has 0 atom stereocenters. The second-order valence-corrected chi connectivity index (χ2v) is 10.8. The maximum Gasteiger partial charge on any atom is 0.253 e. The average molecular weight is 474 g/mol. The number of imidazole rings is 1. The highest BCUT2D eigenvalue weighted by Crippen LogP contribution is 2.49. The molecule has 0 aliphatic heterocycles. The molecule has 1 amide bonds. The maximum absolute atomic E-state index is 12.9. The lowest BCUT2D eigenvalue weighted by atomic mass is 9.60. The minimum absolute atomic E-state index is 0.109. The molecule has 32 heavy (non-hydrogen) atoms. The third kappa shape index (κ3) is 4.57. The predicted molar refractivity (Wildman–Crippen MR) is 131 cm³/mol. The fourth-order valence-corrected chi connectivity index (χ4v) is 4.73. The van der Waals surface area contributed by atoms with Crippen LogP contribution < -0.4 is 10.6 Å². The fourth-order valence-electron chi connectivity index (χ4n) is 4.24. The molecule has 3 aromatic rings. The number of H-pyrrole nitrogens is 1. The highest BCUT2D eigenvalue weighted by molar-refractivity contribution is 6.39. The van der Waals surface area contributed by atoms with Crippen LogP contribution in [0.4, 0.5) is 11.6 Å². The molecule has 1 aliphatic carbocycles. The number of carbonyl (C=O) groups excluding carboxylic acids is 1. The van der Waals surface area contributed by atoms with E-state index in [2.05, 4.69) is 53.3 Å². The lowest BCUT2D eigenvalue weighted by Crippen LogP contribution is -2.43. The van der Waals surface area contributed by atoms with Crippen LogP contribution in [0.3, 0.4) is 0 Å². The summed E-state index contributed by atoms with van der Waals surface area (Å²) in [5, 5.41) is 7.25. The molecule has 1 saturated carbocycles. The zero-order valence-corrected chi connectivity index (χ0v) is 20.4. The lowest BCUT2D eigenvalue weighted by molar-refractivity contribution is 0.0473. The van der Waals surface area contributed by atoms with Crippen LogP contribution >= 0.6 is 23.2 Å². The second-order valence-electron chi connectivity index (χ2n) is 9.96. The van der Waals surface area contributed by atoms with E-state index in [0.29, 0.717) is 43.8 Å². The number of nitrogens with zero attached hydrogens (tertiary/aromatic N) is 2. The Labute approximate surface area is 198 Å². The van der Waals surface area contributed by atoms with Crippen molar-refractivity contribution in [2.45, 2.75) is 59.4 Å². The van der Waals surface area contributed by atoms with Crippen LogP contribution in [0.5, 0.6) is 0 Å². The fraction of sp³-hybridized carbons (Fsp3) is 0.458. The molecule has 0 bridgehead atoms. The van der Waals surface area contributed by atoms with E-state index in [1.54, 1.807) is 30.5 Å². The van der Waals surface area contributed by atoms with Gasteiger partial charge in [0.2, 0.25) is 5.95 Å². The summed E-state index contributed by atoms with van der Waals surface area (Å²) in [5.41, 5.74) is 2.80. The Morgan fingerprint density at radius 3 is 2.47 bits per heavy atom. The largest absolute Gasteiger partial charge is 0.349 e. The number of benzene rings is 1. The molecule has 2 heterocycles. The number of fused-ring (bicyclic) bond motifs is 1. The molecule has 1 aromatic carbocycles. The van der Waals surface area contributed by atoms with E-state index >= 15 is 0 Å². The summed E-state index contributed by atoms with van der Waals surface area (Å²) in [6.07, 6.45) is 5.77. The molecule has 1 fully saturated rings. The van der Waals surface area contributed by atoms with E-state index in [1.807, 2.05) is 0 Å². The van der Waals surface area contributed by atoms with Gasteiger partial charge in [-0.2, -0.15) is 4.98 Å². The van der Waals surface area contributed by atoms with E-state index in [4.69, 9.17) is 23.2 Å². The van der Waals surface area contributed by atoms with Gasteiger partial charge in [0.15, 0.2) is 5.65 Å². The first-order chi connectivity index (χ1) is 15.1. The lowest BCUT2D eigenvalue weighted by Gasteiger charge is -2.47. The van der Waals surface area contributed by atoms with Crippen molar-refractivity contribution in [1.82, 2.24) is 20.3 Å². The van der Waals surface area contributed by atoms with Gasteiger partial charge in [0.05, 0.1) is 26.8 Å². The number of aromatic nitrogens is 3. The summed E-state index contributed by atoms with van der Waals surface area (Å²) in [6.45, 7) is 9.28. The van der Waals surface area contributed by atoms with Gasteiger partial charge in [-0.05, 0) is 54.7 Å². The van der Waals surface area contributed by atoms with Crippen molar-refractivity contribution in [3.8, 4) is 0 Å². The zero-order chi connectivity index (χ0) is 23.1. The van der Waals surface area contributed by atoms with Gasteiger partial charge in [-0.15, -0.1) is 0 Å². The molecular weight excluding hydrogens is 445 g/mol. The van der Waals surface area contributed by atoms with Crippen molar-refractivity contribution in [3.63, 3.8) is 0 Å². The SMILES string of the molecule is CC(C)(C)C1(C)CCC(NC(=O)c2cnc3nc(Nc4c(Cl)cccc4Cl)[nH]c3c2)CC1. The van der Waals surface area contributed by atoms with Crippen LogP contribution in [0.25, 0.3) is 11.2 Å². The summed E-state index contributed by atoms with van der Waals surface area (Å²) >= 11 is 12.4. The number of aromatic amines is 1. The summed E-state index contributed by atoms with van der Waals surface area (Å²) in [5.74, 6) is 0.343. The number of carbonyl (C=O) groups is 1.